The zero-order valence-electron chi connectivity index (χ0n) is 15.3. The van der Waals surface area contributed by atoms with E-state index < -0.39 is 0 Å². The van der Waals surface area contributed by atoms with Crippen molar-refractivity contribution in [2.45, 2.75) is 18.9 Å². The van der Waals surface area contributed by atoms with Crippen LogP contribution in [0.25, 0.3) is 0 Å². The minimum atomic E-state index is -0.310. The molecule has 4 rings (SSSR count). The van der Waals surface area contributed by atoms with E-state index >= 15 is 0 Å². The molecule has 1 atom stereocenters. The number of hydrogen-bond acceptors (Lipinski definition) is 2. The number of halogens is 2. The van der Waals surface area contributed by atoms with Gasteiger partial charge in [0.1, 0.15) is 5.82 Å². The van der Waals surface area contributed by atoms with E-state index in [1.54, 1.807) is 12.1 Å². The zero-order valence-corrected chi connectivity index (χ0v) is 16.0. The molecule has 27 heavy (non-hydrogen) atoms. The number of nitrogens with zero attached hydrogens (tertiary/aromatic N) is 2. The monoisotopic (exact) mass is 387 g/mol. The van der Waals surface area contributed by atoms with Gasteiger partial charge in [0.05, 0.1) is 0 Å². The Kier molecular flexibility index (Phi) is 4.82. The van der Waals surface area contributed by atoms with Crippen LogP contribution in [-0.4, -0.2) is 42.5 Å². The molecule has 6 heteroatoms. The summed E-state index contributed by atoms with van der Waals surface area (Å²) in [4.78, 5) is 16.7. The molecular formula is C21H23ClFN3O. The summed E-state index contributed by atoms with van der Waals surface area (Å²) < 4.78 is 13.0. The highest BCUT2D eigenvalue weighted by Crippen LogP contribution is 2.54. The first kappa shape index (κ1) is 18.3. The summed E-state index contributed by atoms with van der Waals surface area (Å²) >= 11 is 6.03. The van der Waals surface area contributed by atoms with Gasteiger partial charge in [-0.3, -0.25) is 4.90 Å². The summed E-state index contributed by atoms with van der Waals surface area (Å²) in [5, 5.41) is 3.61. The fourth-order valence-electron chi connectivity index (χ4n) is 4.61. The van der Waals surface area contributed by atoms with Crippen molar-refractivity contribution in [1.29, 1.82) is 0 Å². The van der Waals surface area contributed by atoms with Crippen LogP contribution in [0.5, 0.6) is 0 Å². The molecule has 2 saturated heterocycles. The van der Waals surface area contributed by atoms with E-state index in [1.165, 1.54) is 17.7 Å². The summed E-state index contributed by atoms with van der Waals surface area (Å²) in [6.45, 7) is 2.50. The number of rotatable bonds is 2. The van der Waals surface area contributed by atoms with Crippen LogP contribution < -0.4 is 5.32 Å². The van der Waals surface area contributed by atoms with E-state index in [4.69, 9.17) is 11.6 Å². The molecule has 2 aliphatic rings. The zero-order chi connectivity index (χ0) is 19.0. The van der Waals surface area contributed by atoms with Crippen LogP contribution in [0.2, 0.25) is 5.02 Å². The number of nitrogens with one attached hydrogen (secondary N) is 1. The van der Waals surface area contributed by atoms with Gasteiger partial charge in [0.2, 0.25) is 0 Å². The van der Waals surface area contributed by atoms with Gasteiger partial charge in [-0.15, -0.1) is 0 Å². The molecule has 0 aliphatic carbocycles. The number of benzene rings is 2. The van der Waals surface area contributed by atoms with Crippen LogP contribution in [0.4, 0.5) is 14.9 Å². The highest BCUT2D eigenvalue weighted by atomic mass is 35.5. The van der Waals surface area contributed by atoms with Crippen LogP contribution in [0.15, 0.2) is 48.5 Å². The van der Waals surface area contributed by atoms with Crippen molar-refractivity contribution >= 4 is 23.3 Å². The molecule has 2 fully saturated rings. The van der Waals surface area contributed by atoms with Crippen molar-refractivity contribution in [3.63, 3.8) is 0 Å². The van der Waals surface area contributed by atoms with Gasteiger partial charge >= 0.3 is 6.03 Å². The molecule has 1 spiro atoms. The van der Waals surface area contributed by atoms with E-state index in [0.717, 1.165) is 37.5 Å². The Bertz CT molecular complexity index is 816. The average molecular weight is 388 g/mol. The molecule has 1 N–H and O–H groups in total. The third-order valence-corrected chi connectivity index (χ3v) is 6.16. The normalized spacial score (nSPS) is 21.7. The van der Waals surface area contributed by atoms with Gasteiger partial charge in [0.15, 0.2) is 0 Å². The number of carbonyl (C=O) groups is 1. The summed E-state index contributed by atoms with van der Waals surface area (Å²) in [5.74, 6) is -0.310. The fraction of sp³-hybridized carbons (Fsp3) is 0.381. The molecule has 2 heterocycles. The SMILES string of the molecule is CN1CC2(CCN(C(=O)Nc3ccc(F)cc3)CC2)C1c1ccc(Cl)cc1. The number of hydrogen-bond donors (Lipinski definition) is 1. The lowest BCUT2D eigenvalue weighted by atomic mass is 9.63. The van der Waals surface area contributed by atoms with Gasteiger partial charge in [0, 0.05) is 41.8 Å². The number of likely N-dealkylation sites (tertiary alicyclic amines) is 2. The molecule has 0 aromatic heterocycles. The highest BCUT2D eigenvalue weighted by molar-refractivity contribution is 6.30. The maximum Gasteiger partial charge on any atom is 0.321 e. The van der Waals surface area contributed by atoms with Crippen molar-refractivity contribution in [2.75, 3.05) is 32.0 Å². The first-order chi connectivity index (χ1) is 13.0. The maximum atomic E-state index is 13.0. The first-order valence-corrected chi connectivity index (χ1v) is 9.62. The third-order valence-electron chi connectivity index (χ3n) is 5.91. The summed E-state index contributed by atoms with van der Waals surface area (Å²) in [5.41, 5.74) is 2.12. The topological polar surface area (TPSA) is 35.6 Å². The largest absolute Gasteiger partial charge is 0.324 e. The Hall–Kier alpha value is -2.11. The number of carbonyl (C=O) groups excluding carboxylic acids is 1. The number of urea groups is 1. The first-order valence-electron chi connectivity index (χ1n) is 9.24. The van der Waals surface area contributed by atoms with Gasteiger partial charge in [0.25, 0.3) is 0 Å². The Balaban J connectivity index is 1.39. The predicted octanol–water partition coefficient (Wildman–Crippen LogP) is 4.78. The Morgan fingerprint density at radius 3 is 2.33 bits per heavy atom. The van der Waals surface area contributed by atoms with Crippen molar-refractivity contribution in [2.24, 2.45) is 5.41 Å². The Labute approximate surface area is 163 Å². The second-order valence-corrected chi connectivity index (χ2v) is 8.09. The lowest BCUT2D eigenvalue weighted by molar-refractivity contribution is -0.0915. The van der Waals surface area contributed by atoms with E-state index in [-0.39, 0.29) is 17.3 Å². The molecule has 1 unspecified atom stereocenters. The second kappa shape index (κ2) is 7.13. The number of piperidine rings is 1. The summed E-state index contributed by atoms with van der Waals surface area (Å²) in [6.07, 6.45) is 1.95. The van der Waals surface area contributed by atoms with Crippen LogP contribution >= 0.6 is 11.6 Å². The average Bonchev–Trinajstić information content (AvgIpc) is 2.65. The van der Waals surface area contributed by atoms with Crippen LogP contribution in [0.1, 0.15) is 24.4 Å². The van der Waals surface area contributed by atoms with Crippen molar-refractivity contribution in [1.82, 2.24) is 9.80 Å². The van der Waals surface area contributed by atoms with Gasteiger partial charge in [-0.2, -0.15) is 0 Å². The van der Waals surface area contributed by atoms with Crippen LogP contribution in [-0.2, 0) is 0 Å². The van der Waals surface area contributed by atoms with E-state index in [9.17, 15) is 9.18 Å². The minimum absolute atomic E-state index is 0.118. The molecular weight excluding hydrogens is 365 g/mol. The van der Waals surface area contributed by atoms with Gasteiger partial charge < -0.3 is 10.2 Å². The predicted molar refractivity (Wildman–Crippen MR) is 105 cm³/mol. The molecule has 0 bridgehead atoms. The van der Waals surface area contributed by atoms with Gasteiger partial charge in [-0.1, -0.05) is 23.7 Å². The van der Waals surface area contributed by atoms with E-state index in [1.807, 2.05) is 17.0 Å². The standard InChI is InChI=1S/C21H23ClFN3O/c1-25-14-21(19(25)15-2-4-16(22)5-3-15)10-12-26(13-11-21)20(27)24-18-8-6-17(23)7-9-18/h2-9,19H,10-14H2,1H3,(H,24,27). The second-order valence-electron chi connectivity index (χ2n) is 7.66. The Morgan fingerprint density at radius 1 is 1.11 bits per heavy atom. The third kappa shape index (κ3) is 3.54. The van der Waals surface area contributed by atoms with Crippen molar-refractivity contribution in [3.05, 3.63) is 64.9 Å². The van der Waals surface area contributed by atoms with E-state index in [0.29, 0.717) is 11.7 Å². The molecule has 4 nitrogen and oxygen atoms in total. The molecule has 2 amide bonds. The van der Waals surface area contributed by atoms with Gasteiger partial charge in [-0.05, 0) is 61.9 Å². The number of amides is 2. The van der Waals surface area contributed by atoms with Crippen molar-refractivity contribution < 1.29 is 9.18 Å². The minimum Gasteiger partial charge on any atom is -0.324 e. The quantitative estimate of drug-likeness (QED) is 0.804. The summed E-state index contributed by atoms with van der Waals surface area (Å²) in [6, 6.07) is 14.2. The summed E-state index contributed by atoms with van der Waals surface area (Å²) in [7, 11) is 2.15. The van der Waals surface area contributed by atoms with Crippen molar-refractivity contribution in [3.8, 4) is 0 Å². The Morgan fingerprint density at radius 2 is 1.74 bits per heavy atom. The van der Waals surface area contributed by atoms with E-state index in [2.05, 4.69) is 29.4 Å². The molecule has 0 saturated carbocycles. The molecule has 0 radical (unpaired) electrons. The van der Waals surface area contributed by atoms with Crippen LogP contribution in [0.3, 0.4) is 0 Å². The maximum absolute atomic E-state index is 13.0. The lowest BCUT2D eigenvalue weighted by Crippen LogP contribution is -2.61. The highest BCUT2D eigenvalue weighted by Gasteiger charge is 2.52. The molecule has 2 aromatic rings. The lowest BCUT2D eigenvalue weighted by Gasteiger charge is -2.59. The number of anilines is 1. The molecule has 2 aromatic carbocycles. The molecule has 142 valence electrons. The van der Waals surface area contributed by atoms with Gasteiger partial charge in [-0.25, -0.2) is 9.18 Å². The fourth-order valence-corrected chi connectivity index (χ4v) is 4.73. The van der Waals surface area contributed by atoms with Crippen LogP contribution in [0, 0.1) is 11.2 Å². The molecule has 2 aliphatic heterocycles. The smallest absolute Gasteiger partial charge is 0.321 e.